The van der Waals surface area contributed by atoms with E-state index >= 15 is 0 Å². The summed E-state index contributed by atoms with van der Waals surface area (Å²) in [7, 11) is 0. The van der Waals surface area contributed by atoms with Gasteiger partial charge >= 0.3 is 0 Å². The Kier molecular flexibility index (Phi) is 9.54. The van der Waals surface area contributed by atoms with Crippen LogP contribution in [0.1, 0.15) is 33.6 Å². The van der Waals surface area contributed by atoms with E-state index in [9.17, 15) is 0 Å². The van der Waals surface area contributed by atoms with Crippen molar-refractivity contribution >= 4 is 29.9 Å². The first-order chi connectivity index (χ1) is 12.6. The molecule has 8 heteroatoms. The van der Waals surface area contributed by atoms with Crippen molar-refractivity contribution in [2.75, 3.05) is 65.6 Å². The number of hydrogen-bond acceptors (Lipinski definition) is 5. The van der Waals surface area contributed by atoms with Gasteiger partial charge < -0.3 is 20.1 Å². The molecular formula is C19H38IN5O2. The van der Waals surface area contributed by atoms with Gasteiger partial charge in [0.15, 0.2) is 5.96 Å². The van der Waals surface area contributed by atoms with Gasteiger partial charge in [-0.15, -0.1) is 24.0 Å². The van der Waals surface area contributed by atoms with Crippen LogP contribution >= 0.6 is 24.0 Å². The maximum atomic E-state index is 6.05. The van der Waals surface area contributed by atoms with Crippen LogP contribution in [0.3, 0.4) is 0 Å². The summed E-state index contributed by atoms with van der Waals surface area (Å²) in [4.78, 5) is 9.91. The van der Waals surface area contributed by atoms with E-state index in [1.165, 1.54) is 19.4 Å². The third-order valence-corrected chi connectivity index (χ3v) is 5.79. The second kappa shape index (κ2) is 11.1. The van der Waals surface area contributed by atoms with Crippen LogP contribution in [-0.2, 0) is 9.47 Å². The molecule has 0 saturated carbocycles. The minimum Gasteiger partial charge on any atom is -0.379 e. The van der Waals surface area contributed by atoms with Gasteiger partial charge in [-0.05, 0) is 40.2 Å². The minimum atomic E-state index is 0. The number of rotatable bonds is 6. The van der Waals surface area contributed by atoms with Crippen molar-refractivity contribution in [2.45, 2.75) is 51.3 Å². The summed E-state index contributed by atoms with van der Waals surface area (Å²) in [6.07, 6.45) is 2.86. The second-order valence-corrected chi connectivity index (χ2v) is 8.23. The quantitative estimate of drug-likeness (QED) is 0.328. The fourth-order valence-electron chi connectivity index (χ4n) is 4.10. The van der Waals surface area contributed by atoms with Crippen LogP contribution in [0, 0.1) is 0 Å². The number of nitrogens with zero attached hydrogens (tertiary/aromatic N) is 3. The number of ether oxygens (including phenoxy) is 2. The Morgan fingerprint density at radius 2 is 1.96 bits per heavy atom. The number of hydrogen-bond donors (Lipinski definition) is 2. The van der Waals surface area contributed by atoms with Gasteiger partial charge in [-0.3, -0.25) is 14.8 Å². The first kappa shape index (κ1) is 23.1. The molecule has 3 heterocycles. The molecule has 3 aliphatic heterocycles. The molecule has 0 spiro atoms. The number of guanidine groups is 1. The van der Waals surface area contributed by atoms with Crippen LogP contribution in [0.25, 0.3) is 0 Å². The van der Waals surface area contributed by atoms with E-state index in [1.807, 2.05) is 0 Å². The Bertz CT molecular complexity index is 471. The van der Waals surface area contributed by atoms with E-state index in [0.717, 1.165) is 65.0 Å². The Morgan fingerprint density at radius 1 is 1.19 bits per heavy atom. The molecule has 2 unspecified atom stereocenters. The van der Waals surface area contributed by atoms with Crippen molar-refractivity contribution in [1.82, 2.24) is 20.4 Å². The van der Waals surface area contributed by atoms with Crippen LogP contribution in [0.4, 0.5) is 0 Å². The molecule has 0 aromatic heterocycles. The summed E-state index contributed by atoms with van der Waals surface area (Å²) in [5, 5.41) is 6.86. The lowest BCUT2D eigenvalue weighted by atomic mass is 10.0. The maximum absolute atomic E-state index is 6.05. The van der Waals surface area contributed by atoms with E-state index in [2.05, 4.69) is 41.2 Å². The Morgan fingerprint density at radius 3 is 2.70 bits per heavy atom. The number of morpholine rings is 2. The zero-order chi connectivity index (χ0) is 18.4. The average Bonchev–Trinajstić information content (AvgIpc) is 3.12. The predicted molar refractivity (Wildman–Crippen MR) is 120 cm³/mol. The van der Waals surface area contributed by atoms with E-state index in [0.29, 0.717) is 6.04 Å². The van der Waals surface area contributed by atoms with Gasteiger partial charge in [0, 0.05) is 44.3 Å². The van der Waals surface area contributed by atoms with E-state index < -0.39 is 0 Å². The lowest BCUT2D eigenvalue weighted by Crippen LogP contribution is -2.53. The molecule has 3 rings (SSSR count). The summed E-state index contributed by atoms with van der Waals surface area (Å²) in [6.45, 7) is 15.8. The summed E-state index contributed by atoms with van der Waals surface area (Å²) in [6, 6.07) is 0.655. The number of halogens is 1. The molecule has 0 aromatic carbocycles. The van der Waals surface area contributed by atoms with Crippen molar-refractivity contribution in [3.05, 3.63) is 0 Å². The molecule has 0 aliphatic carbocycles. The fourth-order valence-corrected chi connectivity index (χ4v) is 4.10. The molecule has 7 nitrogen and oxygen atoms in total. The molecule has 0 aromatic rings. The summed E-state index contributed by atoms with van der Waals surface area (Å²) >= 11 is 0. The van der Waals surface area contributed by atoms with Crippen LogP contribution in [-0.4, -0.2) is 99.1 Å². The van der Waals surface area contributed by atoms with Crippen molar-refractivity contribution in [1.29, 1.82) is 0 Å². The average molecular weight is 495 g/mol. The molecule has 3 saturated heterocycles. The van der Waals surface area contributed by atoms with Gasteiger partial charge in [-0.25, -0.2) is 0 Å². The normalized spacial score (nSPS) is 27.7. The highest BCUT2D eigenvalue weighted by Crippen LogP contribution is 2.22. The monoisotopic (exact) mass is 495 g/mol. The second-order valence-electron chi connectivity index (χ2n) is 8.23. The van der Waals surface area contributed by atoms with E-state index in [-0.39, 0.29) is 35.6 Å². The van der Waals surface area contributed by atoms with Gasteiger partial charge in [-0.2, -0.15) is 0 Å². The first-order valence-corrected chi connectivity index (χ1v) is 10.3. The third kappa shape index (κ3) is 6.69. The summed E-state index contributed by atoms with van der Waals surface area (Å²) in [5.74, 6) is 0.890. The summed E-state index contributed by atoms with van der Waals surface area (Å²) < 4.78 is 11.5. The molecule has 0 radical (unpaired) electrons. The molecule has 0 amide bonds. The number of aliphatic imine (C=N–C) groups is 1. The van der Waals surface area contributed by atoms with Crippen molar-refractivity contribution in [3.8, 4) is 0 Å². The van der Waals surface area contributed by atoms with Crippen LogP contribution < -0.4 is 10.6 Å². The minimum absolute atomic E-state index is 0. The fraction of sp³-hybridized carbons (Fsp3) is 0.947. The van der Waals surface area contributed by atoms with Gasteiger partial charge in [0.2, 0.25) is 0 Å². The summed E-state index contributed by atoms with van der Waals surface area (Å²) in [5.41, 5.74) is 0.0379. The molecule has 2 atom stereocenters. The molecular weight excluding hydrogens is 457 g/mol. The molecule has 3 aliphatic rings. The lowest BCUT2D eigenvalue weighted by Gasteiger charge is -2.40. The van der Waals surface area contributed by atoms with Crippen LogP contribution in [0.2, 0.25) is 0 Å². The Hall–Kier alpha value is -0.160. The van der Waals surface area contributed by atoms with Gasteiger partial charge in [0.25, 0.3) is 0 Å². The van der Waals surface area contributed by atoms with Crippen LogP contribution in [0.15, 0.2) is 4.99 Å². The molecule has 158 valence electrons. The first-order valence-electron chi connectivity index (χ1n) is 10.3. The largest absolute Gasteiger partial charge is 0.379 e. The van der Waals surface area contributed by atoms with Gasteiger partial charge in [-0.1, -0.05) is 0 Å². The smallest absolute Gasteiger partial charge is 0.191 e. The standard InChI is InChI=1S/C19H37N5O2.HI/c1-4-20-18(22-15-19(2,3)24-8-10-25-11-9-24)21-12-17-13-23-7-5-6-16(23)14-26-17;/h16-17H,4-15H2,1-3H3,(H2,20,21,22);1H. The predicted octanol–water partition coefficient (Wildman–Crippen LogP) is 1.13. The molecule has 27 heavy (non-hydrogen) atoms. The number of fused-ring (bicyclic) bond motifs is 1. The van der Waals surface area contributed by atoms with Gasteiger partial charge in [0.1, 0.15) is 0 Å². The van der Waals surface area contributed by atoms with Crippen molar-refractivity contribution in [2.24, 2.45) is 4.99 Å². The lowest BCUT2D eigenvalue weighted by molar-refractivity contribution is -0.0453. The zero-order valence-corrected chi connectivity index (χ0v) is 19.5. The SMILES string of the molecule is CCNC(=NCC(C)(C)N1CCOCC1)NCC1CN2CCCC2CO1.I. The Balaban J connectivity index is 0.00000261. The highest BCUT2D eigenvalue weighted by molar-refractivity contribution is 14.0. The van der Waals surface area contributed by atoms with E-state index in [4.69, 9.17) is 14.5 Å². The molecule has 3 fully saturated rings. The van der Waals surface area contributed by atoms with Crippen molar-refractivity contribution in [3.63, 3.8) is 0 Å². The Labute approximate surface area is 181 Å². The zero-order valence-electron chi connectivity index (χ0n) is 17.2. The van der Waals surface area contributed by atoms with E-state index in [1.54, 1.807) is 0 Å². The highest BCUT2D eigenvalue weighted by Gasteiger charge is 2.32. The maximum Gasteiger partial charge on any atom is 0.191 e. The highest BCUT2D eigenvalue weighted by atomic mass is 127. The third-order valence-electron chi connectivity index (χ3n) is 5.79. The number of nitrogens with one attached hydrogen (secondary N) is 2. The van der Waals surface area contributed by atoms with Gasteiger partial charge in [0.05, 0.1) is 32.5 Å². The molecule has 0 bridgehead atoms. The molecule has 2 N–H and O–H groups in total. The van der Waals surface area contributed by atoms with Crippen molar-refractivity contribution < 1.29 is 9.47 Å². The van der Waals surface area contributed by atoms with Crippen LogP contribution in [0.5, 0.6) is 0 Å². The topological polar surface area (TPSA) is 61.4 Å².